The molecule has 8 heteroatoms. The highest BCUT2D eigenvalue weighted by Crippen LogP contribution is 2.25. The van der Waals surface area contributed by atoms with E-state index in [1.807, 2.05) is 0 Å². The number of carbonyl (C=O) groups is 2. The van der Waals surface area contributed by atoms with Crippen molar-refractivity contribution in [3.63, 3.8) is 0 Å². The summed E-state index contributed by atoms with van der Waals surface area (Å²) in [6.45, 7) is 7.49. The lowest BCUT2D eigenvalue weighted by molar-refractivity contribution is -0.151. The molecule has 28 heavy (non-hydrogen) atoms. The van der Waals surface area contributed by atoms with Gasteiger partial charge in [0.25, 0.3) is 0 Å². The molecule has 8 nitrogen and oxygen atoms in total. The van der Waals surface area contributed by atoms with Crippen LogP contribution in [0, 0.1) is 16.7 Å². The van der Waals surface area contributed by atoms with E-state index in [0.717, 1.165) is 6.42 Å². The van der Waals surface area contributed by atoms with Crippen LogP contribution in [-0.2, 0) is 14.3 Å². The van der Waals surface area contributed by atoms with E-state index in [0.29, 0.717) is 30.8 Å². The molecule has 0 aliphatic carbocycles. The molecule has 0 aromatic heterocycles. The molecule has 0 aliphatic heterocycles. The van der Waals surface area contributed by atoms with Gasteiger partial charge in [-0.1, -0.05) is 27.7 Å². The van der Waals surface area contributed by atoms with Gasteiger partial charge in [-0.15, -0.1) is 0 Å². The van der Waals surface area contributed by atoms with Gasteiger partial charge in [0.15, 0.2) is 0 Å². The Balaban J connectivity index is 0. The van der Waals surface area contributed by atoms with Gasteiger partial charge in [-0.2, -0.15) is 0 Å². The van der Waals surface area contributed by atoms with Crippen LogP contribution in [0.3, 0.4) is 0 Å². The van der Waals surface area contributed by atoms with Gasteiger partial charge in [-0.05, 0) is 37.0 Å². The van der Waals surface area contributed by atoms with Crippen molar-refractivity contribution < 1.29 is 39.9 Å². The SMILES string of the molecule is CC(CCO)CC(C)(C)C.O=C(O)CCCCC(=O)OCC(CO)(CO)CO. The van der Waals surface area contributed by atoms with Gasteiger partial charge in [0.1, 0.15) is 6.61 Å². The Labute approximate surface area is 168 Å². The Morgan fingerprint density at radius 1 is 0.929 bits per heavy atom. The Morgan fingerprint density at radius 2 is 1.43 bits per heavy atom. The standard InChI is InChI=1S/C11H20O7.C9H20O/c12-5-11(6-13,7-14)8-18-10(17)4-2-1-3-9(15)16;1-8(5-6-10)7-9(2,3)4/h12-14H,1-8H2,(H,15,16);8,10H,5-7H2,1-4H3. The predicted molar refractivity (Wildman–Crippen MR) is 106 cm³/mol. The second-order valence-corrected chi connectivity index (χ2v) is 8.62. The van der Waals surface area contributed by atoms with Crippen molar-refractivity contribution in [1.29, 1.82) is 0 Å². The summed E-state index contributed by atoms with van der Waals surface area (Å²) in [7, 11) is 0. The third-order valence-corrected chi connectivity index (χ3v) is 4.15. The predicted octanol–water partition coefficient (Wildman–Crippen LogP) is 1.58. The van der Waals surface area contributed by atoms with Crippen molar-refractivity contribution in [2.75, 3.05) is 33.0 Å². The van der Waals surface area contributed by atoms with E-state index >= 15 is 0 Å². The summed E-state index contributed by atoms with van der Waals surface area (Å²) in [5.41, 5.74) is -0.814. The molecule has 1 atom stereocenters. The number of aliphatic carboxylic acids is 1. The summed E-state index contributed by atoms with van der Waals surface area (Å²) in [6.07, 6.45) is 3.00. The molecule has 0 spiro atoms. The maximum Gasteiger partial charge on any atom is 0.305 e. The smallest absolute Gasteiger partial charge is 0.305 e. The summed E-state index contributed by atoms with van der Waals surface area (Å²) >= 11 is 0. The number of hydrogen-bond acceptors (Lipinski definition) is 7. The van der Waals surface area contributed by atoms with Gasteiger partial charge in [0, 0.05) is 19.4 Å². The first kappa shape index (κ1) is 29.0. The number of hydrogen-bond donors (Lipinski definition) is 5. The zero-order valence-corrected chi connectivity index (χ0v) is 17.8. The van der Waals surface area contributed by atoms with Crippen molar-refractivity contribution >= 4 is 11.9 Å². The first-order chi connectivity index (χ1) is 12.9. The summed E-state index contributed by atoms with van der Waals surface area (Å²) in [4.78, 5) is 21.5. The topological polar surface area (TPSA) is 145 Å². The van der Waals surface area contributed by atoms with Gasteiger partial charge >= 0.3 is 11.9 Å². The van der Waals surface area contributed by atoms with Gasteiger partial charge in [-0.25, -0.2) is 0 Å². The van der Waals surface area contributed by atoms with Gasteiger partial charge in [0.2, 0.25) is 0 Å². The van der Waals surface area contributed by atoms with Crippen LogP contribution in [0.4, 0.5) is 0 Å². The molecule has 5 N–H and O–H groups in total. The number of carboxylic acids is 1. The molecule has 0 rings (SSSR count). The lowest BCUT2D eigenvalue weighted by Gasteiger charge is -2.26. The molecule has 0 saturated carbocycles. The Kier molecular flexibility index (Phi) is 16.2. The molecule has 0 radical (unpaired) electrons. The highest BCUT2D eigenvalue weighted by molar-refractivity contribution is 5.69. The van der Waals surface area contributed by atoms with Gasteiger partial charge < -0.3 is 30.3 Å². The molecule has 168 valence electrons. The highest BCUT2D eigenvalue weighted by Gasteiger charge is 2.30. The number of rotatable bonds is 13. The third-order valence-electron chi connectivity index (χ3n) is 4.15. The van der Waals surface area contributed by atoms with Crippen molar-refractivity contribution in [3.8, 4) is 0 Å². The second-order valence-electron chi connectivity index (χ2n) is 8.62. The maximum absolute atomic E-state index is 11.3. The number of unbranched alkanes of at least 4 members (excludes halogenated alkanes) is 1. The fourth-order valence-electron chi connectivity index (χ4n) is 2.51. The molecule has 0 saturated heterocycles. The average molecular weight is 409 g/mol. The molecule has 0 heterocycles. The molecule has 0 aromatic rings. The average Bonchev–Trinajstić information content (AvgIpc) is 2.59. The summed E-state index contributed by atoms with van der Waals surface area (Å²) in [5, 5.41) is 44.0. The monoisotopic (exact) mass is 408 g/mol. The lowest BCUT2D eigenvalue weighted by atomic mass is 9.84. The zero-order valence-electron chi connectivity index (χ0n) is 17.8. The first-order valence-corrected chi connectivity index (χ1v) is 9.76. The number of carbonyl (C=O) groups excluding carboxylic acids is 1. The molecule has 1 unspecified atom stereocenters. The molecule has 0 fully saturated rings. The largest absolute Gasteiger partial charge is 0.481 e. The Hall–Kier alpha value is -1.22. The first-order valence-electron chi connectivity index (χ1n) is 9.76. The number of aliphatic hydroxyl groups excluding tert-OH is 4. The quantitative estimate of drug-likeness (QED) is 0.228. The van der Waals surface area contributed by atoms with Crippen LogP contribution in [0.5, 0.6) is 0 Å². The minimum Gasteiger partial charge on any atom is -0.481 e. The van der Waals surface area contributed by atoms with E-state index in [1.54, 1.807) is 0 Å². The third kappa shape index (κ3) is 16.9. The maximum atomic E-state index is 11.3. The van der Waals surface area contributed by atoms with E-state index in [2.05, 4.69) is 27.7 Å². The number of esters is 1. The van der Waals surface area contributed by atoms with Crippen molar-refractivity contribution in [2.24, 2.45) is 16.7 Å². The van der Waals surface area contributed by atoms with Crippen molar-refractivity contribution in [3.05, 3.63) is 0 Å². The number of aliphatic hydroxyl groups is 4. The van der Waals surface area contributed by atoms with Crippen LogP contribution < -0.4 is 0 Å². The molecule has 0 aliphatic rings. The Bertz CT molecular complexity index is 405. The fourth-order valence-corrected chi connectivity index (χ4v) is 2.51. The van der Waals surface area contributed by atoms with Crippen LogP contribution in [0.15, 0.2) is 0 Å². The number of carboxylic acid groups (broad SMARTS) is 1. The van der Waals surface area contributed by atoms with E-state index < -0.39 is 37.2 Å². The molecule has 0 aromatic carbocycles. The molecule has 0 amide bonds. The van der Waals surface area contributed by atoms with Crippen LogP contribution in [0.2, 0.25) is 0 Å². The van der Waals surface area contributed by atoms with E-state index in [-0.39, 0.29) is 19.4 Å². The number of ether oxygens (including phenoxy) is 1. The fraction of sp³-hybridized carbons (Fsp3) is 0.900. The Morgan fingerprint density at radius 3 is 1.82 bits per heavy atom. The van der Waals surface area contributed by atoms with Crippen molar-refractivity contribution in [1.82, 2.24) is 0 Å². The molecular formula is C20H40O8. The van der Waals surface area contributed by atoms with Crippen LogP contribution in [-0.4, -0.2) is 70.5 Å². The van der Waals surface area contributed by atoms with E-state index in [9.17, 15) is 9.59 Å². The molecule has 0 bridgehead atoms. The normalized spacial score (nSPS) is 12.7. The second kappa shape index (κ2) is 15.7. The van der Waals surface area contributed by atoms with E-state index in [1.165, 1.54) is 6.42 Å². The van der Waals surface area contributed by atoms with Crippen molar-refractivity contribution in [2.45, 2.75) is 66.2 Å². The van der Waals surface area contributed by atoms with Crippen LogP contribution in [0.1, 0.15) is 66.2 Å². The van der Waals surface area contributed by atoms with Crippen LogP contribution in [0.25, 0.3) is 0 Å². The zero-order chi connectivity index (χ0) is 22.2. The lowest BCUT2D eigenvalue weighted by Crippen LogP contribution is -2.39. The summed E-state index contributed by atoms with van der Waals surface area (Å²) in [6, 6.07) is 0. The van der Waals surface area contributed by atoms with Gasteiger partial charge in [-0.3, -0.25) is 9.59 Å². The minimum atomic E-state index is -1.23. The molecular weight excluding hydrogens is 368 g/mol. The minimum absolute atomic E-state index is 0.00113. The van der Waals surface area contributed by atoms with E-state index in [4.69, 9.17) is 30.3 Å². The van der Waals surface area contributed by atoms with Gasteiger partial charge in [0.05, 0.1) is 25.2 Å². The summed E-state index contributed by atoms with van der Waals surface area (Å²) in [5.74, 6) is -0.798. The highest BCUT2D eigenvalue weighted by atomic mass is 16.5. The van der Waals surface area contributed by atoms with Crippen LogP contribution >= 0.6 is 0 Å². The summed E-state index contributed by atoms with van der Waals surface area (Å²) < 4.78 is 4.82.